The molecule has 2 aromatic carbocycles. The first kappa shape index (κ1) is 26.8. The average molecular weight is 560 g/mol. The lowest BCUT2D eigenvalue weighted by Gasteiger charge is -2.52. The van der Waals surface area contributed by atoms with Crippen molar-refractivity contribution < 1.29 is 40.2 Å². The minimum absolute atomic E-state index is 0. The highest BCUT2D eigenvalue weighted by Crippen LogP contribution is 2.42. The molecule has 4 fully saturated rings. The van der Waals surface area contributed by atoms with Gasteiger partial charge in [0, 0.05) is 24.4 Å². The van der Waals surface area contributed by atoms with E-state index in [2.05, 4.69) is 17.4 Å². The molecule has 1 N–H and O–H groups in total. The molecular formula is C29H36BrFN2O3. The van der Waals surface area contributed by atoms with Crippen LogP contribution in [0.4, 0.5) is 10.1 Å². The molecule has 0 spiro atoms. The Hall–Kier alpha value is -2.25. The third kappa shape index (κ3) is 5.67. The molecule has 194 valence electrons. The van der Waals surface area contributed by atoms with Gasteiger partial charge in [-0.1, -0.05) is 62.1 Å². The van der Waals surface area contributed by atoms with Gasteiger partial charge in [0.25, 0.3) is 5.91 Å². The Morgan fingerprint density at radius 3 is 2.33 bits per heavy atom. The molecule has 2 bridgehead atoms. The zero-order valence-corrected chi connectivity index (χ0v) is 22.4. The van der Waals surface area contributed by atoms with Crippen molar-refractivity contribution in [3.05, 3.63) is 66.0 Å². The van der Waals surface area contributed by atoms with Crippen LogP contribution in [0.5, 0.6) is 0 Å². The van der Waals surface area contributed by atoms with Crippen molar-refractivity contribution in [3.63, 3.8) is 0 Å². The lowest BCUT2D eigenvalue weighted by atomic mass is 9.74. The molecule has 1 amide bonds. The Bertz CT molecular complexity index is 1050. The maximum Gasteiger partial charge on any atom is 0.317 e. The lowest BCUT2D eigenvalue weighted by Crippen LogP contribution is -3.00. The summed E-state index contributed by atoms with van der Waals surface area (Å²) in [6.07, 6.45) is 7.84. The number of carbonyl (C=O) groups is 2. The fourth-order valence-electron chi connectivity index (χ4n) is 6.60. The maximum absolute atomic E-state index is 13.9. The van der Waals surface area contributed by atoms with Crippen LogP contribution in [0.1, 0.15) is 56.9 Å². The van der Waals surface area contributed by atoms with Gasteiger partial charge in [-0.05, 0) is 36.6 Å². The normalized spacial score (nSPS) is 26.8. The molecule has 0 unspecified atom stereocenters. The number of anilines is 1. The fraction of sp³-hybridized carbons (Fsp3) is 0.517. The zero-order chi connectivity index (χ0) is 24.3. The average Bonchev–Trinajstić information content (AvgIpc) is 3.12. The van der Waals surface area contributed by atoms with Gasteiger partial charge < -0.3 is 31.5 Å². The van der Waals surface area contributed by atoms with Crippen LogP contribution in [0.2, 0.25) is 0 Å². The number of nitrogens with one attached hydrogen (secondary N) is 1. The number of hydrogen-bond donors (Lipinski definition) is 1. The van der Waals surface area contributed by atoms with Crippen LogP contribution in [0, 0.1) is 11.7 Å². The van der Waals surface area contributed by atoms with Crippen LogP contribution in [-0.2, 0) is 19.7 Å². The highest BCUT2D eigenvalue weighted by molar-refractivity contribution is 5.91. The van der Waals surface area contributed by atoms with Crippen LogP contribution in [0.3, 0.4) is 0 Å². The van der Waals surface area contributed by atoms with Crippen molar-refractivity contribution in [2.45, 2.75) is 62.9 Å². The van der Waals surface area contributed by atoms with Crippen molar-refractivity contribution >= 4 is 17.6 Å². The number of halogens is 2. The molecule has 36 heavy (non-hydrogen) atoms. The summed E-state index contributed by atoms with van der Waals surface area (Å²) in [5, 5.41) is 2.85. The molecule has 7 heteroatoms. The first-order valence-electron chi connectivity index (χ1n) is 13.2. The summed E-state index contributed by atoms with van der Waals surface area (Å²) < 4.78 is 20.5. The highest BCUT2D eigenvalue weighted by atomic mass is 79.9. The quantitative estimate of drug-likeness (QED) is 0.336. The van der Waals surface area contributed by atoms with E-state index in [-0.39, 0.29) is 40.8 Å². The second-order valence-electron chi connectivity index (χ2n) is 10.8. The number of nitrogens with zero attached hydrogens (tertiary/aromatic N) is 1. The summed E-state index contributed by atoms with van der Waals surface area (Å²) in [6.45, 7) is 2.83. The summed E-state index contributed by atoms with van der Waals surface area (Å²) in [6, 6.07) is 16.2. The van der Waals surface area contributed by atoms with E-state index in [1.807, 2.05) is 18.2 Å². The number of ether oxygens (including phenoxy) is 1. The van der Waals surface area contributed by atoms with Gasteiger partial charge in [-0.15, -0.1) is 0 Å². The van der Waals surface area contributed by atoms with Crippen molar-refractivity contribution in [1.82, 2.24) is 0 Å². The maximum atomic E-state index is 13.9. The van der Waals surface area contributed by atoms with Crippen molar-refractivity contribution in [3.8, 4) is 0 Å². The molecule has 2 aromatic rings. The third-order valence-electron chi connectivity index (χ3n) is 8.56. The Morgan fingerprint density at radius 1 is 0.972 bits per heavy atom. The Labute approximate surface area is 223 Å². The number of benzene rings is 2. The predicted octanol–water partition coefficient (Wildman–Crippen LogP) is 2.21. The van der Waals surface area contributed by atoms with Gasteiger partial charge in [0.2, 0.25) is 0 Å². The predicted molar refractivity (Wildman–Crippen MR) is 133 cm³/mol. The van der Waals surface area contributed by atoms with Crippen LogP contribution in [-0.4, -0.2) is 48.6 Å². The zero-order valence-electron chi connectivity index (χ0n) is 20.8. The van der Waals surface area contributed by atoms with E-state index < -0.39 is 5.41 Å². The number of amides is 1. The van der Waals surface area contributed by atoms with Crippen LogP contribution in [0.25, 0.3) is 0 Å². The van der Waals surface area contributed by atoms with E-state index in [1.54, 1.807) is 12.1 Å². The molecule has 6 rings (SSSR count). The van der Waals surface area contributed by atoms with Crippen molar-refractivity contribution in [2.75, 3.05) is 31.5 Å². The molecule has 1 atom stereocenters. The summed E-state index contributed by atoms with van der Waals surface area (Å²) in [4.78, 5) is 26.7. The molecule has 0 aromatic heterocycles. The molecule has 0 radical (unpaired) electrons. The molecule has 3 heterocycles. The number of fused-ring (bicyclic) bond motifs is 3. The number of quaternary nitrogens is 1. The monoisotopic (exact) mass is 558 g/mol. The van der Waals surface area contributed by atoms with Gasteiger partial charge in [-0.3, -0.25) is 9.59 Å². The molecule has 1 aliphatic carbocycles. The smallest absolute Gasteiger partial charge is 0.317 e. The molecule has 5 nitrogen and oxygen atoms in total. The number of carbonyl (C=O) groups excluding carboxylic acids is 2. The second-order valence-corrected chi connectivity index (χ2v) is 10.8. The minimum atomic E-state index is -0.566. The van der Waals surface area contributed by atoms with Gasteiger partial charge in [0.1, 0.15) is 12.4 Å². The van der Waals surface area contributed by atoms with E-state index in [0.29, 0.717) is 29.2 Å². The SMILES string of the molecule is O=C(C[N+]12CCC(CC1)[C@@H](OC(=O)C1(c3ccccc3)CCCCCC1)C2)Nc1cccc(F)c1.[Br-]. The topological polar surface area (TPSA) is 55.4 Å². The Morgan fingerprint density at radius 2 is 1.67 bits per heavy atom. The Kier molecular flexibility index (Phi) is 8.51. The first-order valence-corrected chi connectivity index (χ1v) is 13.2. The Balaban J connectivity index is 0.00000304. The van der Waals surface area contributed by atoms with Crippen molar-refractivity contribution in [2.24, 2.45) is 5.92 Å². The molecular weight excluding hydrogens is 523 g/mol. The van der Waals surface area contributed by atoms with E-state index in [9.17, 15) is 14.0 Å². The highest BCUT2D eigenvalue weighted by Gasteiger charge is 2.51. The van der Waals surface area contributed by atoms with Gasteiger partial charge in [0.15, 0.2) is 12.6 Å². The standard InChI is InChI=1S/C29H35FN2O3.BrH/c30-24-11-8-12-25(19-24)31-27(33)21-32-17-13-22(14-18-32)26(20-32)35-28(34)29(15-6-1-2-7-16-29)23-9-4-3-5-10-23;/h3-5,8-12,19,22,26H,1-2,6-7,13-18,20-21H2;1H/t22?,26-,32?;/m0./s1. The summed E-state index contributed by atoms with van der Waals surface area (Å²) >= 11 is 0. The lowest BCUT2D eigenvalue weighted by molar-refractivity contribution is -0.939. The van der Waals surface area contributed by atoms with E-state index in [1.165, 1.54) is 12.1 Å². The van der Waals surface area contributed by atoms with Gasteiger partial charge >= 0.3 is 5.97 Å². The molecule has 3 aliphatic heterocycles. The van der Waals surface area contributed by atoms with Crippen LogP contribution < -0.4 is 22.3 Å². The third-order valence-corrected chi connectivity index (χ3v) is 8.56. The van der Waals surface area contributed by atoms with Gasteiger partial charge in [0.05, 0.1) is 18.5 Å². The molecule has 1 saturated carbocycles. The number of piperidine rings is 3. The van der Waals surface area contributed by atoms with Gasteiger partial charge in [-0.25, -0.2) is 4.39 Å². The summed E-state index contributed by atoms with van der Waals surface area (Å²) in [5.41, 5.74) is 0.983. The van der Waals surface area contributed by atoms with Gasteiger partial charge in [-0.2, -0.15) is 0 Å². The second kappa shape index (κ2) is 11.4. The summed E-state index contributed by atoms with van der Waals surface area (Å²) in [7, 11) is 0. The largest absolute Gasteiger partial charge is 1.00 e. The van der Waals surface area contributed by atoms with Crippen molar-refractivity contribution in [1.29, 1.82) is 0 Å². The van der Waals surface area contributed by atoms with E-state index >= 15 is 0 Å². The summed E-state index contributed by atoms with van der Waals surface area (Å²) in [5.74, 6) is -0.201. The fourth-order valence-corrected chi connectivity index (χ4v) is 6.60. The molecule has 4 aliphatic rings. The number of hydrogen-bond acceptors (Lipinski definition) is 3. The first-order chi connectivity index (χ1) is 17.0. The van der Waals surface area contributed by atoms with E-state index in [0.717, 1.165) is 70.0 Å². The number of rotatable bonds is 6. The van der Waals surface area contributed by atoms with E-state index in [4.69, 9.17) is 4.74 Å². The molecule has 3 saturated heterocycles. The van der Waals surface area contributed by atoms with Crippen LogP contribution in [0.15, 0.2) is 54.6 Å². The minimum Gasteiger partial charge on any atom is -1.00 e. The number of esters is 1. The van der Waals surface area contributed by atoms with Crippen LogP contribution >= 0.6 is 0 Å².